The standard InChI is InChI=1S/C37H43F2NO7/c1-6-43-31-13-10-23(17-32(31)44-7-2)16-30-26-20-34(46-9-4)33(45-8-3)18-24(26)14-15-40(30)35(41)22-47-36(42)27-21-37(27,5)25-11-12-28(38)29(39)19-25/h10-13,17-20,27,30H,6-9,14-16,21-22H2,1-5H3. The van der Waals surface area contributed by atoms with Crippen molar-refractivity contribution in [2.75, 3.05) is 39.6 Å². The lowest BCUT2D eigenvalue weighted by molar-refractivity contribution is -0.154. The van der Waals surface area contributed by atoms with Crippen LogP contribution in [0.2, 0.25) is 0 Å². The number of nitrogens with zero attached hydrogens (tertiary/aromatic N) is 1. The zero-order chi connectivity index (χ0) is 33.7. The van der Waals surface area contributed by atoms with E-state index in [0.29, 0.717) is 80.8 Å². The molecule has 1 fully saturated rings. The summed E-state index contributed by atoms with van der Waals surface area (Å²) in [4.78, 5) is 28.7. The van der Waals surface area contributed by atoms with Crippen LogP contribution in [0.5, 0.6) is 23.0 Å². The van der Waals surface area contributed by atoms with Crippen LogP contribution in [0.25, 0.3) is 0 Å². The van der Waals surface area contributed by atoms with E-state index < -0.39 is 35.5 Å². The molecule has 1 aliphatic carbocycles. The molecule has 252 valence electrons. The topological polar surface area (TPSA) is 83.5 Å². The van der Waals surface area contributed by atoms with E-state index in [1.54, 1.807) is 4.90 Å². The van der Waals surface area contributed by atoms with Crippen LogP contribution in [0.15, 0.2) is 48.5 Å². The van der Waals surface area contributed by atoms with Gasteiger partial charge in [-0.25, -0.2) is 8.78 Å². The highest BCUT2D eigenvalue weighted by Crippen LogP contribution is 2.54. The molecular weight excluding hydrogens is 608 g/mol. The molecule has 3 unspecified atom stereocenters. The molecule has 3 aromatic carbocycles. The van der Waals surface area contributed by atoms with Gasteiger partial charge in [0, 0.05) is 12.0 Å². The van der Waals surface area contributed by atoms with Crippen LogP contribution in [-0.2, 0) is 32.6 Å². The number of carbonyl (C=O) groups is 2. The molecule has 0 radical (unpaired) electrons. The van der Waals surface area contributed by atoms with Gasteiger partial charge in [0.2, 0.25) is 0 Å². The van der Waals surface area contributed by atoms with Gasteiger partial charge in [-0.3, -0.25) is 9.59 Å². The number of rotatable bonds is 14. The van der Waals surface area contributed by atoms with Crippen molar-refractivity contribution in [1.82, 2.24) is 4.90 Å². The first-order valence-corrected chi connectivity index (χ1v) is 16.4. The minimum atomic E-state index is -0.962. The maximum absolute atomic E-state index is 13.9. The average molecular weight is 652 g/mol. The first-order chi connectivity index (χ1) is 22.6. The Bertz CT molecular complexity index is 1610. The van der Waals surface area contributed by atoms with Crippen molar-refractivity contribution in [2.45, 2.75) is 65.3 Å². The zero-order valence-corrected chi connectivity index (χ0v) is 27.7. The highest BCUT2D eigenvalue weighted by atomic mass is 19.2. The second-order valence-corrected chi connectivity index (χ2v) is 12.0. The van der Waals surface area contributed by atoms with Crippen LogP contribution in [0.4, 0.5) is 8.78 Å². The van der Waals surface area contributed by atoms with Gasteiger partial charge in [-0.05, 0) is 106 Å². The van der Waals surface area contributed by atoms with Gasteiger partial charge in [0.1, 0.15) is 0 Å². The second kappa shape index (κ2) is 14.6. The third kappa shape index (κ3) is 7.31. The summed E-state index contributed by atoms with van der Waals surface area (Å²) in [6, 6.07) is 13.0. The van der Waals surface area contributed by atoms with E-state index >= 15 is 0 Å². The summed E-state index contributed by atoms with van der Waals surface area (Å²) in [5.74, 6) is -0.774. The van der Waals surface area contributed by atoms with Gasteiger partial charge >= 0.3 is 5.97 Å². The number of benzene rings is 3. The van der Waals surface area contributed by atoms with Gasteiger partial charge < -0.3 is 28.6 Å². The molecule has 1 aliphatic heterocycles. The molecule has 0 N–H and O–H groups in total. The van der Waals surface area contributed by atoms with Crippen molar-refractivity contribution in [1.29, 1.82) is 0 Å². The predicted octanol–water partition coefficient (Wildman–Crippen LogP) is 6.75. The molecule has 1 amide bonds. The minimum Gasteiger partial charge on any atom is -0.490 e. The van der Waals surface area contributed by atoms with Crippen LogP contribution < -0.4 is 18.9 Å². The summed E-state index contributed by atoms with van der Waals surface area (Å²) < 4.78 is 56.4. The molecule has 5 rings (SSSR count). The lowest BCUT2D eigenvalue weighted by atomic mass is 9.88. The van der Waals surface area contributed by atoms with E-state index in [1.807, 2.05) is 65.0 Å². The molecule has 10 heteroatoms. The van der Waals surface area contributed by atoms with Crippen molar-refractivity contribution in [2.24, 2.45) is 5.92 Å². The Morgan fingerprint density at radius 2 is 1.45 bits per heavy atom. The van der Waals surface area contributed by atoms with Crippen molar-refractivity contribution in [3.8, 4) is 23.0 Å². The van der Waals surface area contributed by atoms with Gasteiger partial charge in [-0.2, -0.15) is 0 Å². The Balaban J connectivity index is 1.39. The molecule has 1 saturated carbocycles. The second-order valence-electron chi connectivity index (χ2n) is 12.0. The number of amides is 1. The maximum atomic E-state index is 13.9. The highest BCUT2D eigenvalue weighted by molar-refractivity contribution is 5.84. The first-order valence-electron chi connectivity index (χ1n) is 16.4. The summed E-state index contributed by atoms with van der Waals surface area (Å²) >= 11 is 0. The first kappa shape index (κ1) is 34.0. The summed E-state index contributed by atoms with van der Waals surface area (Å²) in [6.07, 6.45) is 1.48. The largest absolute Gasteiger partial charge is 0.490 e. The summed E-state index contributed by atoms with van der Waals surface area (Å²) in [6.45, 7) is 11.4. The summed E-state index contributed by atoms with van der Waals surface area (Å²) in [7, 11) is 0. The molecule has 0 spiro atoms. The fourth-order valence-electron chi connectivity index (χ4n) is 6.41. The number of ether oxygens (including phenoxy) is 5. The Labute approximate surface area is 274 Å². The van der Waals surface area contributed by atoms with Crippen LogP contribution in [0, 0.1) is 17.6 Å². The molecule has 3 atom stereocenters. The Morgan fingerprint density at radius 1 is 0.809 bits per heavy atom. The van der Waals surface area contributed by atoms with E-state index in [0.717, 1.165) is 28.8 Å². The van der Waals surface area contributed by atoms with E-state index in [2.05, 4.69) is 0 Å². The SMILES string of the molecule is CCOc1ccc(CC2c3cc(OCC)c(OCC)cc3CCN2C(=O)COC(=O)C2CC2(C)c2ccc(F)c(F)c2)cc1OCC. The molecular formula is C37H43F2NO7. The van der Waals surface area contributed by atoms with Crippen molar-refractivity contribution in [3.63, 3.8) is 0 Å². The van der Waals surface area contributed by atoms with Crippen molar-refractivity contribution >= 4 is 11.9 Å². The number of halogens is 2. The molecule has 2 aliphatic rings. The van der Waals surface area contributed by atoms with E-state index in [9.17, 15) is 18.4 Å². The summed E-state index contributed by atoms with van der Waals surface area (Å²) in [5.41, 5.74) is 2.77. The highest BCUT2D eigenvalue weighted by Gasteiger charge is 2.57. The number of hydrogen-bond acceptors (Lipinski definition) is 7. The monoisotopic (exact) mass is 651 g/mol. The number of fused-ring (bicyclic) bond motifs is 1. The maximum Gasteiger partial charge on any atom is 0.310 e. The molecule has 3 aromatic rings. The van der Waals surface area contributed by atoms with E-state index in [1.165, 1.54) is 6.07 Å². The van der Waals surface area contributed by atoms with Crippen molar-refractivity contribution < 1.29 is 42.1 Å². The molecule has 0 aromatic heterocycles. The quantitative estimate of drug-likeness (QED) is 0.178. The van der Waals surface area contributed by atoms with E-state index in [-0.39, 0.29) is 11.9 Å². The molecule has 47 heavy (non-hydrogen) atoms. The Kier molecular flexibility index (Phi) is 10.6. The van der Waals surface area contributed by atoms with Gasteiger partial charge in [0.25, 0.3) is 5.91 Å². The molecule has 8 nitrogen and oxygen atoms in total. The Hall–Kier alpha value is -4.34. The zero-order valence-electron chi connectivity index (χ0n) is 27.7. The van der Waals surface area contributed by atoms with Gasteiger partial charge in [-0.15, -0.1) is 0 Å². The predicted molar refractivity (Wildman–Crippen MR) is 172 cm³/mol. The number of esters is 1. The van der Waals surface area contributed by atoms with Crippen LogP contribution in [0.3, 0.4) is 0 Å². The molecule has 0 saturated heterocycles. The molecule has 0 bridgehead atoms. The number of hydrogen-bond donors (Lipinski definition) is 0. The van der Waals surface area contributed by atoms with E-state index in [4.69, 9.17) is 23.7 Å². The van der Waals surface area contributed by atoms with Crippen molar-refractivity contribution in [3.05, 3.63) is 82.4 Å². The molecule has 1 heterocycles. The van der Waals surface area contributed by atoms with Gasteiger partial charge in [0.05, 0.1) is 38.4 Å². The Morgan fingerprint density at radius 3 is 2.11 bits per heavy atom. The fourth-order valence-corrected chi connectivity index (χ4v) is 6.41. The minimum absolute atomic E-state index is 0.327. The average Bonchev–Trinajstić information content (AvgIpc) is 3.75. The van der Waals surface area contributed by atoms with Gasteiger partial charge in [-0.1, -0.05) is 19.1 Å². The fraction of sp³-hybridized carbons (Fsp3) is 0.459. The van der Waals surface area contributed by atoms with Gasteiger partial charge in [0.15, 0.2) is 41.2 Å². The van der Waals surface area contributed by atoms with Crippen LogP contribution >= 0.6 is 0 Å². The normalized spacial score (nSPS) is 19.9. The third-order valence-electron chi connectivity index (χ3n) is 8.96. The number of carbonyl (C=O) groups excluding carboxylic acids is 2. The van der Waals surface area contributed by atoms with Crippen LogP contribution in [0.1, 0.15) is 69.3 Å². The third-order valence-corrected chi connectivity index (χ3v) is 8.96. The lowest BCUT2D eigenvalue weighted by Crippen LogP contribution is -2.43. The van der Waals surface area contributed by atoms with Crippen LogP contribution in [-0.4, -0.2) is 56.4 Å². The smallest absolute Gasteiger partial charge is 0.310 e. The lowest BCUT2D eigenvalue weighted by Gasteiger charge is -2.38. The summed E-state index contributed by atoms with van der Waals surface area (Å²) in [5, 5.41) is 0.